The Morgan fingerprint density at radius 2 is 1.69 bits per heavy atom. The normalized spacial score (nSPS) is 35.6. The van der Waals surface area contributed by atoms with Crippen molar-refractivity contribution in [3.05, 3.63) is 0 Å². The Morgan fingerprint density at radius 1 is 1.09 bits per heavy atom. The summed E-state index contributed by atoms with van der Waals surface area (Å²) in [6.45, 7) is 15.7. The van der Waals surface area contributed by atoms with Crippen molar-refractivity contribution in [1.29, 1.82) is 0 Å². The number of amides is 2. The molecule has 1 aliphatic heterocycles. The zero-order valence-electron chi connectivity index (χ0n) is 21.3. The topological polar surface area (TPSA) is 103 Å². The monoisotopic (exact) mass is 449 g/mol. The van der Waals surface area contributed by atoms with E-state index < -0.39 is 5.54 Å². The van der Waals surface area contributed by atoms with Gasteiger partial charge in [-0.1, -0.05) is 6.42 Å². The van der Waals surface area contributed by atoms with Gasteiger partial charge >= 0.3 is 7.12 Å². The fourth-order valence-corrected chi connectivity index (χ4v) is 6.14. The molecule has 0 aromatic heterocycles. The highest BCUT2D eigenvalue weighted by Gasteiger charge is 2.60. The van der Waals surface area contributed by atoms with Gasteiger partial charge in [-0.25, -0.2) is 0 Å². The van der Waals surface area contributed by atoms with E-state index in [1.165, 1.54) is 6.92 Å². The van der Waals surface area contributed by atoms with Gasteiger partial charge in [-0.05, 0) is 98.2 Å². The molecule has 3 fully saturated rings. The van der Waals surface area contributed by atoms with Crippen molar-refractivity contribution in [2.45, 2.75) is 122 Å². The maximum atomic E-state index is 13.6. The third-order valence-electron chi connectivity index (χ3n) is 8.07. The van der Waals surface area contributed by atoms with Crippen molar-refractivity contribution in [1.82, 2.24) is 10.6 Å². The quantitative estimate of drug-likeness (QED) is 0.541. The van der Waals surface area contributed by atoms with E-state index >= 15 is 0 Å². The van der Waals surface area contributed by atoms with Gasteiger partial charge < -0.3 is 25.7 Å². The average molecular weight is 449 g/mol. The third kappa shape index (κ3) is 5.02. The number of hydrogen-bond donors (Lipinski definition) is 3. The number of carbonyl (C=O) groups excluding carboxylic acids is 2. The smallest absolute Gasteiger partial charge is 0.403 e. The largest absolute Gasteiger partial charge is 0.457 e. The van der Waals surface area contributed by atoms with Crippen LogP contribution in [0.1, 0.15) is 87.5 Å². The van der Waals surface area contributed by atoms with Crippen LogP contribution in [0.3, 0.4) is 0 Å². The van der Waals surface area contributed by atoms with Crippen LogP contribution in [0.25, 0.3) is 0 Å². The molecule has 3 rings (SSSR count). The van der Waals surface area contributed by atoms with E-state index in [1.807, 2.05) is 20.8 Å². The van der Waals surface area contributed by atoms with Crippen LogP contribution in [0.4, 0.5) is 0 Å². The van der Waals surface area contributed by atoms with Crippen LogP contribution in [-0.4, -0.2) is 47.3 Å². The summed E-state index contributed by atoms with van der Waals surface area (Å²) in [5, 5.41) is 6.28. The second-order valence-corrected chi connectivity index (χ2v) is 12.4. The fraction of sp³-hybridized carbons (Fsp3) is 0.917. The standard InChI is InChI=1S/C24H44BN3O4/c1-15(29)27-24(20(30)28-21(2,3)4)14-16-12-17(26)13-18(16)19(24)10-9-11-25-31-22(5,6)23(7,8)32-25/h16-19H,9-14,26H2,1-8H3,(H,27,29)(H,28,30)/t16-,17?,18-,19?,24?/m1/s1. The molecule has 182 valence electrons. The SMILES string of the molecule is CC(=O)NC1(C(=O)NC(C)(C)C)C[C@H]2CC(N)C[C@H]2C1CCCB1OC(C)(C)C(C)(C)O1. The van der Waals surface area contributed by atoms with E-state index in [-0.39, 0.29) is 47.6 Å². The molecular formula is C24H44BN3O4. The van der Waals surface area contributed by atoms with Crippen molar-refractivity contribution < 1.29 is 18.9 Å². The average Bonchev–Trinajstić information content (AvgIpc) is 3.13. The summed E-state index contributed by atoms with van der Waals surface area (Å²) in [6, 6.07) is 0.177. The van der Waals surface area contributed by atoms with Gasteiger partial charge in [0.15, 0.2) is 0 Å². The van der Waals surface area contributed by atoms with Crippen molar-refractivity contribution >= 4 is 18.9 Å². The Labute approximate surface area is 194 Å². The van der Waals surface area contributed by atoms with Crippen LogP contribution >= 0.6 is 0 Å². The molecule has 0 spiro atoms. The molecule has 3 unspecified atom stereocenters. The highest BCUT2D eigenvalue weighted by Crippen LogP contribution is 2.54. The number of fused-ring (bicyclic) bond motifs is 1. The molecule has 32 heavy (non-hydrogen) atoms. The second-order valence-electron chi connectivity index (χ2n) is 12.4. The minimum atomic E-state index is -0.884. The lowest BCUT2D eigenvalue weighted by Crippen LogP contribution is -2.64. The Hall–Kier alpha value is -1.12. The molecule has 3 aliphatic rings. The van der Waals surface area contributed by atoms with E-state index in [2.05, 4.69) is 38.3 Å². The van der Waals surface area contributed by atoms with Gasteiger partial charge in [0.05, 0.1) is 11.2 Å². The fourth-order valence-electron chi connectivity index (χ4n) is 6.14. The summed E-state index contributed by atoms with van der Waals surface area (Å²) < 4.78 is 12.3. The number of nitrogens with two attached hydrogens (primary N) is 1. The van der Waals surface area contributed by atoms with Crippen molar-refractivity contribution in [3.63, 3.8) is 0 Å². The van der Waals surface area contributed by atoms with Crippen molar-refractivity contribution in [2.24, 2.45) is 23.5 Å². The van der Waals surface area contributed by atoms with Gasteiger partial charge in [-0.15, -0.1) is 0 Å². The number of carbonyl (C=O) groups is 2. The van der Waals surface area contributed by atoms with E-state index in [4.69, 9.17) is 15.0 Å². The lowest BCUT2D eigenvalue weighted by Gasteiger charge is -2.39. The number of hydrogen-bond acceptors (Lipinski definition) is 5. The molecule has 5 atom stereocenters. The first-order valence-electron chi connectivity index (χ1n) is 12.3. The highest BCUT2D eigenvalue weighted by molar-refractivity contribution is 6.45. The first-order chi connectivity index (χ1) is 14.6. The zero-order valence-corrected chi connectivity index (χ0v) is 21.3. The molecule has 0 bridgehead atoms. The van der Waals surface area contributed by atoms with Gasteiger partial charge in [0, 0.05) is 18.5 Å². The second kappa shape index (κ2) is 8.59. The minimum Gasteiger partial charge on any atom is -0.403 e. The maximum absolute atomic E-state index is 13.6. The van der Waals surface area contributed by atoms with Crippen LogP contribution < -0.4 is 16.4 Å². The summed E-state index contributed by atoms with van der Waals surface area (Å²) in [4.78, 5) is 25.9. The Morgan fingerprint density at radius 3 is 2.22 bits per heavy atom. The molecule has 4 N–H and O–H groups in total. The zero-order chi connectivity index (χ0) is 24.1. The Kier molecular flexibility index (Phi) is 6.84. The number of rotatable bonds is 6. The van der Waals surface area contributed by atoms with Crippen molar-refractivity contribution in [3.8, 4) is 0 Å². The van der Waals surface area contributed by atoms with Crippen LogP contribution in [0.5, 0.6) is 0 Å². The molecule has 7 nitrogen and oxygen atoms in total. The molecule has 8 heteroatoms. The Balaban J connectivity index is 1.78. The van der Waals surface area contributed by atoms with Gasteiger partial charge in [-0.3, -0.25) is 9.59 Å². The maximum Gasteiger partial charge on any atom is 0.457 e. The lowest BCUT2D eigenvalue weighted by molar-refractivity contribution is -0.136. The summed E-state index contributed by atoms with van der Waals surface area (Å²) in [7, 11) is -0.249. The minimum absolute atomic E-state index is 0.0507. The van der Waals surface area contributed by atoms with E-state index in [9.17, 15) is 9.59 Å². The molecule has 2 amide bonds. The third-order valence-corrected chi connectivity index (χ3v) is 8.07. The van der Waals surface area contributed by atoms with Crippen LogP contribution in [0.2, 0.25) is 6.32 Å². The molecular weight excluding hydrogens is 405 g/mol. The molecule has 2 saturated carbocycles. The highest BCUT2D eigenvalue weighted by atomic mass is 16.7. The van der Waals surface area contributed by atoms with Gasteiger partial charge in [0.1, 0.15) is 5.54 Å². The number of nitrogens with one attached hydrogen (secondary N) is 2. The van der Waals surface area contributed by atoms with E-state index in [0.29, 0.717) is 18.3 Å². The van der Waals surface area contributed by atoms with E-state index in [0.717, 1.165) is 32.0 Å². The first kappa shape index (κ1) is 25.5. The van der Waals surface area contributed by atoms with Crippen LogP contribution in [0.15, 0.2) is 0 Å². The summed E-state index contributed by atoms with van der Waals surface area (Å²) in [6.07, 6.45) is 4.95. The first-order valence-corrected chi connectivity index (χ1v) is 12.3. The molecule has 0 radical (unpaired) electrons. The van der Waals surface area contributed by atoms with Crippen LogP contribution in [0, 0.1) is 17.8 Å². The molecule has 0 aromatic rings. The molecule has 1 saturated heterocycles. The van der Waals surface area contributed by atoms with Crippen LogP contribution in [-0.2, 0) is 18.9 Å². The summed E-state index contributed by atoms with van der Waals surface area (Å²) in [5.74, 6) is 0.540. The predicted molar refractivity (Wildman–Crippen MR) is 127 cm³/mol. The molecule has 0 aromatic carbocycles. The lowest BCUT2D eigenvalue weighted by atomic mass is 9.74. The Bertz CT molecular complexity index is 719. The van der Waals surface area contributed by atoms with Gasteiger partial charge in [0.25, 0.3) is 0 Å². The van der Waals surface area contributed by atoms with Gasteiger partial charge in [-0.2, -0.15) is 0 Å². The molecule has 1 heterocycles. The summed E-state index contributed by atoms with van der Waals surface area (Å²) in [5.41, 5.74) is 4.37. The predicted octanol–water partition coefficient (Wildman–Crippen LogP) is 3.02. The van der Waals surface area contributed by atoms with Crippen molar-refractivity contribution in [2.75, 3.05) is 0 Å². The summed E-state index contributed by atoms with van der Waals surface area (Å²) >= 11 is 0. The van der Waals surface area contributed by atoms with Gasteiger partial charge in [0.2, 0.25) is 11.8 Å². The van der Waals surface area contributed by atoms with E-state index in [1.54, 1.807) is 0 Å². The molecule has 2 aliphatic carbocycles.